The Morgan fingerprint density at radius 1 is 1.30 bits per heavy atom. The number of ether oxygens (including phenoxy) is 1. The Bertz CT molecular complexity index is 764. The maximum absolute atomic E-state index is 5.89. The number of hydrogen-bond acceptors (Lipinski definition) is 3. The van der Waals surface area contributed by atoms with Gasteiger partial charge in [0, 0.05) is 44.2 Å². The molecule has 0 amide bonds. The van der Waals surface area contributed by atoms with Crippen LogP contribution in [-0.2, 0) is 11.5 Å². The molecule has 0 bridgehead atoms. The number of pyridine rings is 1. The molecule has 0 saturated carbocycles. The summed E-state index contributed by atoms with van der Waals surface area (Å²) in [6.45, 7) is 8.50. The smallest absolute Gasteiger partial charge is 0.142 e. The molecule has 3 aromatic rings. The second kappa shape index (κ2) is 6.68. The zero-order valence-electron chi connectivity index (χ0n) is 14.0. The van der Waals surface area contributed by atoms with E-state index >= 15 is 0 Å². The van der Waals surface area contributed by atoms with E-state index in [9.17, 15) is 0 Å². The molecule has 122 valence electrons. The van der Waals surface area contributed by atoms with Gasteiger partial charge in [0.25, 0.3) is 0 Å². The van der Waals surface area contributed by atoms with Crippen molar-refractivity contribution in [3.8, 4) is 11.1 Å². The fourth-order valence-corrected chi connectivity index (χ4v) is 3.58. The van der Waals surface area contributed by atoms with Crippen LogP contribution in [0.25, 0.3) is 22.2 Å². The first-order valence-corrected chi connectivity index (χ1v) is 11.5. The van der Waals surface area contributed by atoms with E-state index in [1.807, 2.05) is 30.9 Å². The average molecular weight is 328 g/mol. The van der Waals surface area contributed by atoms with Crippen LogP contribution in [0.3, 0.4) is 0 Å². The highest BCUT2D eigenvalue weighted by Gasteiger charge is 2.17. The summed E-state index contributed by atoms with van der Waals surface area (Å²) in [4.78, 5) is 4.52. The Morgan fingerprint density at radius 3 is 2.91 bits per heavy atom. The zero-order chi connectivity index (χ0) is 16.3. The highest BCUT2D eigenvalue weighted by Crippen LogP contribution is 2.27. The van der Waals surface area contributed by atoms with Crippen LogP contribution in [0.15, 0.2) is 36.9 Å². The third kappa shape index (κ3) is 3.54. The molecule has 0 aliphatic carbocycles. The van der Waals surface area contributed by atoms with Gasteiger partial charge in [-0.1, -0.05) is 26.1 Å². The van der Waals surface area contributed by atoms with Crippen LogP contribution < -0.4 is 0 Å². The Hall–Kier alpha value is -1.92. The van der Waals surface area contributed by atoms with Crippen LogP contribution in [-0.4, -0.2) is 34.4 Å². The van der Waals surface area contributed by atoms with E-state index in [2.05, 4.69) is 45.8 Å². The molecule has 0 aliphatic rings. The Kier molecular flexibility index (Phi) is 4.63. The predicted octanol–water partition coefficient (Wildman–Crippen LogP) is 4.13. The van der Waals surface area contributed by atoms with E-state index in [-0.39, 0.29) is 0 Å². The van der Waals surface area contributed by atoms with Crippen molar-refractivity contribution in [3.63, 3.8) is 0 Å². The summed E-state index contributed by atoms with van der Waals surface area (Å²) in [7, 11) is -1.06. The summed E-state index contributed by atoms with van der Waals surface area (Å²) in [5.74, 6) is 0. The van der Waals surface area contributed by atoms with Crippen LogP contribution in [0.4, 0.5) is 0 Å². The Balaban J connectivity index is 1.72. The van der Waals surface area contributed by atoms with Gasteiger partial charge in [-0.2, -0.15) is 5.10 Å². The highest BCUT2D eigenvalue weighted by molar-refractivity contribution is 6.77. The first kappa shape index (κ1) is 16.0. The van der Waals surface area contributed by atoms with Gasteiger partial charge >= 0.3 is 0 Å². The van der Waals surface area contributed by atoms with Gasteiger partial charge in [-0.25, -0.2) is 4.98 Å². The molecular formula is C17H24N4OSi. The second-order valence-corrected chi connectivity index (χ2v) is 12.2. The number of nitrogens with one attached hydrogen (secondary N) is 1. The molecule has 0 saturated heterocycles. The lowest BCUT2D eigenvalue weighted by Crippen LogP contribution is -2.25. The molecule has 3 aromatic heterocycles. The quantitative estimate of drug-likeness (QED) is 0.524. The number of aromatic amines is 1. The molecule has 0 atom stereocenters. The molecule has 0 unspecified atom stereocenters. The molecular weight excluding hydrogens is 304 g/mol. The molecule has 0 fully saturated rings. The topological polar surface area (TPSA) is 55.7 Å². The van der Waals surface area contributed by atoms with Crippen molar-refractivity contribution in [2.45, 2.75) is 38.8 Å². The summed E-state index contributed by atoms with van der Waals surface area (Å²) in [6, 6.07) is 6.63. The Labute approximate surface area is 137 Å². The van der Waals surface area contributed by atoms with Gasteiger partial charge in [-0.15, -0.1) is 0 Å². The van der Waals surface area contributed by atoms with E-state index in [0.717, 1.165) is 28.8 Å². The van der Waals surface area contributed by atoms with Crippen LogP contribution in [0.5, 0.6) is 0 Å². The van der Waals surface area contributed by atoms with Gasteiger partial charge < -0.3 is 9.30 Å². The van der Waals surface area contributed by atoms with Gasteiger partial charge in [0.15, 0.2) is 0 Å². The largest absolute Gasteiger partial charge is 0.361 e. The SMILES string of the molecule is CC[Si](C)(C)CCOCn1ccc2c(-c3cn[nH]c3)ccnc21. The summed E-state index contributed by atoms with van der Waals surface area (Å²) in [5.41, 5.74) is 3.17. The van der Waals surface area contributed by atoms with E-state index in [4.69, 9.17) is 4.74 Å². The van der Waals surface area contributed by atoms with Crippen LogP contribution >= 0.6 is 0 Å². The molecule has 1 N–H and O–H groups in total. The van der Waals surface area contributed by atoms with Crippen molar-refractivity contribution in [1.82, 2.24) is 19.7 Å². The molecule has 0 aliphatic heterocycles. The predicted molar refractivity (Wildman–Crippen MR) is 96.0 cm³/mol. The number of nitrogens with zero attached hydrogens (tertiary/aromatic N) is 3. The lowest BCUT2D eigenvalue weighted by Gasteiger charge is -2.19. The third-order valence-electron chi connectivity index (χ3n) is 4.58. The lowest BCUT2D eigenvalue weighted by molar-refractivity contribution is 0.0898. The minimum absolute atomic E-state index is 0.555. The monoisotopic (exact) mass is 328 g/mol. The maximum Gasteiger partial charge on any atom is 0.142 e. The van der Waals surface area contributed by atoms with Gasteiger partial charge in [0.2, 0.25) is 0 Å². The molecule has 0 aromatic carbocycles. The molecule has 5 nitrogen and oxygen atoms in total. The van der Waals surface area contributed by atoms with E-state index in [1.54, 1.807) is 0 Å². The minimum Gasteiger partial charge on any atom is -0.361 e. The van der Waals surface area contributed by atoms with Crippen molar-refractivity contribution in [2.24, 2.45) is 0 Å². The summed E-state index contributed by atoms with van der Waals surface area (Å²) >= 11 is 0. The van der Waals surface area contributed by atoms with Crippen LogP contribution in [0.2, 0.25) is 25.2 Å². The lowest BCUT2D eigenvalue weighted by atomic mass is 10.1. The zero-order valence-corrected chi connectivity index (χ0v) is 15.0. The molecule has 3 heterocycles. The normalized spacial score (nSPS) is 12.1. The second-order valence-electron chi connectivity index (χ2n) is 6.67. The molecule has 0 radical (unpaired) electrons. The van der Waals surface area contributed by atoms with Crippen LogP contribution in [0.1, 0.15) is 6.92 Å². The minimum atomic E-state index is -1.06. The van der Waals surface area contributed by atoms with Crippen molar-refractivity contribution >= 4 is 19.1 Å². The number of aromatic nitrogens is 4. The fourth-order valence-electron chi connectivity index (χ4n) is 2.53. The highest BCUT2D eigenvalue weighted by atomic mass is 28.3. The number of hydrogen-bond donors (Lipinski definition) is 1. The van der Waals surface area contributed by atoms with Crippen molar-refractivity contribution in [1.29, 1.82) is 0 Å². The Morgan fingerprint density at radius 2 is 2.17 bits per heavy atom. The van der Waals surface area contributed by atoms with Crippen molar-refractivity contribution in [3.05, 3.63) is 36.9 Å². The van der Waals surface area contributed by atoms with Crippen molar-refractivity contribution < 1.29 is 4.74 Å². The standard InChI is InChI=1S/C17H24N4OSi/c1-4-23(2,3)10-9-22-13-21-8-6-16-15(5-7-18-17(16)21)14-11-19-20-12-14/h5-8,11-12H,4,9-10,13H2,1-3H3,(H,19,20). The first-order chi connectivity index (χ1) is 11.1. The van der Waals surface area contributed by atoms with E-state index in [0.29, 0.717) is 6.73 Å². The fraction of sp³-hybridized carbons (Fsp3) is 0.412. The first-order valence-electron chi connectivity index (χ1n) is 8.11. The molecule has 6 heteroatoms. The average Bonchev–Trinajstić information content (AvgIpc) is 3.21. The van der Waals surface area contributed by atoms with Gasteiger partial charge in [-0.3, -0.25) is 5.10 Å². The maximum atomic E-state index is 5.89. The third-order valence-corrected chi connectivity index (χ3v) is 8.05. The summed E-state index contributed by atoms with van der Waals surface area (Å²) in [6.07, 6.45) is 7.62. The van der Waals surface area contributed by atoms with Crippen LogP contribution in [0, 0.1) is 0 Å². The molecule has 0 spiro atoms. The summed E-state index contributed by atoms with van der Waals surface area (Å²) in [5, 5.41) is 8.02. The van der Waals surface area contributed by atoms with Crippen molar-refractivity contribution in [2.75, 3.05) is 6.61 Å². The van der Waals surface area contributed by atoms with E-state index in [1.165, 1.54) is 12.1 Å². The number of rotatable bonds is 7. The van der Waals surface area contributed by atoms with Gasteiger partial charge in [0.05, 0.1) is 6.20 Å². The summed E-state index contributed by atoms with van der Waals surface area (Å²) < 4.78 is 7.96. The van der Waals surface area contributed by atoms with Gasteiger partial charge in [0.1, 0.15) is 12.4 Å². The number of fused-ring (bicyclic) bond motifs is 1. The number of H-pyrrole nitrogens is 1. The molecule has 23 heavy (non-hydrogen) atoms. The molecule has 3 rings (SSSR count). The van der Waals surface area contributed by atoms with Gasteiger partial charge in [-0.05, 0) is 23.7 Å². The van der Waals surface area contributed by atoms with E-state index < -0.39 is 8.07 Å².